The van der Waals surface area contributed by atoms with Gasteiger partial charge in [-0.1, -0.05) is 34.1 Å². The van der Waals surface area contributed by atoms with Crippen LogP contribution >= 0.6 is 28.1 Å². The van der Waals surface area contributed by atoms with Crippen LogP contribution in [0.1, 0.15) is 23.5 Å². The van der Waals surface area contributed by atoms with E-state index in [1.807, 2.05) is 54.7 Å². The van der Waals surface area contributed by atoms with Gasteiger partial charge in [0.25, 0.3) is 0 Å². The van der Waals surface area contributed by atoms with E-state index < -0.39 is 0 Å². The van der Waals surface area contributed by atoms with Gasteiger partial charge in [0, 0.05) is 29.3 Å². The molecule has 1 fully saturated rings. The van der Waals surface area contributed by atoms with E-state index in [9.17, 15) is 0 Å². The molecular formula is C22H23BrN4OS. The van der Waals surface area contributed by atoms with E-state index in [2.05, 4.69) is 56.2 Å². The average Bonchev–Trinajstić information content (AvgIpc) is 3.32. The molecule has 29 heavy (non-hydrogen) atoms. The highest BCUT2D eigenvalue weighted by Crippen LogP contribution is 2.40. The maximum atomic E-state index is 6.33. The highest BCUT2D eigenvalue weighted by Gasteiger charge is 2.41. The van der Waals surface area contributed by atoms with Gasteiger partial charge < -0.3 is 19.5 Å². The average molecular weight is 471 g/mol. The quantitative estimate of drug-likeness (QED) is 0.529. The number of thiocarbonyl (C=S) groups is 1. The number of benzene rings is 1. The minimum absolute atomic E-state index is 0.0541. The second kappa shape index (κ2) is 8.65. The molecule has 4 rings (SSSR count). The summed E-state index contributed by atoms with van der Waals surface area (Å²) in [6, 6.07) is 18.0. The lowest BCUT2D eigenvalue weighted by Gasteiger charge is -2.27. The van der Waals surface area contributed by atoms with Crippen molar-refractivity contribution in [3.8, 4) is 11.3 Å². The molecule has 2 atom stereocenters. The number of furan rings is 1. The van der Waals surface area contributed by atoms with Crippen molar-refractivity contribution in [2.75, 3.05) is 27.2 Å². The van der Waals surface area contributed by atoms with Gasteiger partial charge >= 0.3 is 0 Å². The van der Waals surface area contributed by atoms with Crippen molar-refractivity contribution < 1.29 is 4.42 Å². The molecule has 0 radical (unpaired) electrons. The van der Waals surface area contributed by atoms with Crippen LogP contribution in [0.25, 0.3) is 11.3 Å². The van der Waals surface area contributed by atoms with Gasteiger partial charge in [0.2, 0.25) is 0 Å². The molecule has 3 heterocycles. The number of likely N-dealkylation sites (N-methyl/N-ethyl adjacent to an activating group) is 1. The van der Waals surface area contributed by atoms with Gasteiger partial charge in [-0.3, -0.25) is 4.98 Å². The molecule has 1 N–H and O–H groups in total. The normalized spacial score (nSPS) is 19.0. The van der Waals surface area contributed by atoms with Gasteiger partial charge in [-0.2, -0.15) is 0 Å². The fourth-order valence-corrected chi connectivity index (χ4v) is 4.14. The molecule has 0 spiro atoms. The summed E-state index contributed by atoms with van der Waals surface area (Å²) >= 11 is 9.17. The summed E-state index contributed by atoms with van der Waals surface area (Å²) in [4.78, 5) is 8.93. The zero-order valence-electron chi connectivity index (χ0n) is 16.4. The Balaban J connectivity index is 1.69. The summed E-state index contributed by atoms with van der Waals surface area (Å²) in [6.45, 7) is 1.70. The van der Waals surface area contributed by atoms with Crippen LogP contribution in [-0.4, -0.2) is 47.1 Å². The Labute approximate surface area is 184 Å². The minimum Gasteiger partial charge on any atom is -0.459 e. The van der Waals surface area contributed by atoms with Crippen molar-refractivity contribution in [2.45, 2.75) is 12.1 Å². The first kappa shape index (κ1) is 20.1. The van der Waals surface area contributed by atoms with Crippen LogP contribution in [0.15, 0.2) is 69.7 Å². The minimum atomic E-state index is -0.0604. The predicted molar refractivity (Wildman–Crippen MR) is 123 cm³/mol. The molecule has 2 aromatic heterocycles. The largest absolute Gasteiger partial charge is 0.459 e. The Morgan fingerprint density at radius 1 is 1.14 bits per heavy atom. The highest BCUT2D eigenvalue weighted by atomic mass is 79.9. The van der Waals surface area contributed by atoms with Crippen LogP contribution in [-0.2, 0) is 0 Å². The molecule has 1 saturated heterocycles. The molecule has 0 aliphatic carbocycles. The van der Waals surface area contributed by atoms with E-state index in [0.717, 1.165) is 45.5 Å². The molecule has 0 bridgehead atoms. The summed E-state index contributed by atoms with van der Waals surface area (Å²) < 4.78 is 7.38. The van der Waals surface area contributed by atoms with E-state index in [-0.39, 0.29) is 12.1 Å². The predicted octanol–water partition coefficient (Wildman–Crippen LogP) is 4.64. The van der Waals surface area contributed by atoms with E-state index in [1.54, 1.807) is 0 Å². The zero-order valence-corrected chi connectivity index (χ0v) is 18.8. The number of nitrogens with one attached hydrogen (secondary N) is 1. The fraction of sp³-hybridized carbons (Fsp3) is 0.273. The zero-order chi connectivity index (χ0) is 20.4. The topological polar surface area (TPSA) is 44.5 Å². The van der Waals surface area contributed by atoms with E-state index in [1.165, 1.54) is 0 Å². The first-order valence-corrected chi connectivity index (χ1v) is 10.7. The number of nitrogens with zero attached hydrogens (tertiary/aromatic N) is 3. The second-order valence-corrected chi connectivity index (χ2v) is 8.63. The van der Waals surface area contributed by atoms with Gasteiger partial charge in [-0.25, -0.2) is 0 Å². The van der Waals surface area contributed by atoms with Crippen LogP contribution < -0.4 is 5.32 Å². The van der Waals surface area contributed by atoms with E-state index in [0.29, 0.717) is 0 Å². The van der Waals surface area contributed by atoms with Crippen molar-refractivity contribution in [3.05, 3.63) is 76.7 Å². The Hall–Kier alpha value is -2.22. The monoisotopic (exact) mass is 470 g/mol. The molecular weight excluding hydrogens is 448 g/mol. The maximum Gasteiger partial charge on any atom is 0.170 e. The van der Waals surface area contributed by atoms with Crippen LogP contribution in [0.3, 0.4) is 0 Å². The molecule has 3 aromatic rings. The summed E-state index contributed by atoms with van der Waals surface area (Å²) in [5, 5.41) is 4.19. The third-order valence-electron chi connectivity index (χ3n) is 5.03. The Morgan fingerprint density at radius 2 is 1.93 bits per heavy atom. The van der Waals surface area contributed by atoms with Crippen LogP contribution in [0.2, 0.25) is 0 Å². The van der Waals surface area contributed by atoms with Crippen molar-refractivity contribution in [1.82, 2.24) is 20.1 Å². The van der Waals surface area contributed by atoms with Crippen molar-refractivity contribution >= 4 is 33.3 Å². The first-order valence-electron chi connectivity index (χ1n) is 9.51. The number of rotatable bonds is 6. The molecule has 150 valence electrons. The van der Waals surface area contributed by atoms with Crippen LogP contribution in [0, 0.1) is 0 Å². The Bertz CT molecular complexity index is 974. The molecule has 0 amide bonds. The van der Waals surface area contributed by atoms with Gasteiger partial charge in [0.1, 0.15) is 17.6 Å². The van der Waals surface area contributed by atoms with Crippen molar-refractivity contribution in [2.24, 2.45) is 0 Å². The first-order chi connectivity index (χ1) is 14.0. The standard InChI is InChI=1S/C22H23BrN4OS/c1-26(2)13-14-27-21(20(25-22(27)29)17-5-3-4-12-24-17)19-11-10-18(28-19)15-6-8-16(23)9-7-15/h3-12,20-21H,13-14H2,1-2H3,(H,25,29). The smallest absolute Gasteiger partial charge is 0.170 e. The SMILES string of the molecule is CN(C)CCN1C(=S)NC(c2ccccn2)C1c1ccc(-c2ccc(Br)cc2)o1. The second-order valence-electron chi connectivity index (χ2n) is 7.33. The van der Waals surface area contributed by atoms with Crippen molar-refractivity contribution in [1.29, 1.82) is 0 Å². The number of hydrogen-bond acceptors (Lipinski definition) is 4. The lowest BCUT2D eigenvalue weighted by Crippen LogP contribution is -2.35. The lowest BCUT2D eigenvalue weighted by molar-refractivity contribution is 0.250. The number of aromatic nitrogens is 1. The molecule has 7 heteroatoms. The molecule has 2 unspecified atom stereocenters. The summed E-state index contributed by atoms with van der Waals surface area (Å²) in [5.74, 6) is 1.72. The third kappa shape index (κ3) is 4.37. The Morgan fingerprint density at radius 3 is 2.62 bits per heavy atom. The molecule has 1 aliphatic rings. The summed E-state index contributed by atoms with van der Waals surface area (Å²) in [5.41, 5.74) is 2.00. The summed E-state index contributed by atoms with van der Waals surface area (Å²) in [6.07, 6.45) is 1.81. The number of hydrogen-bond donors (Lipinski definition) is 1. The molecule has 5 nitrogen and oxygen atoms in total. The van der Waals surface area contributed by atoms with E-state index in [4.69, 9.17) is 16.6 Å². The van der Waals surface area contributed by atoms with Gasteiger partial charge in [-0.05, 0) is 62.7 Å². The Kier molecular flexibility index (Phi) is 5.99. The van der Waals surface area contributed by atoms with Gasteiger partial charge in [0.15, 0.2) is 5.11 Å². The van der Waals surface area contributed by atoms with Gasteiger partial charge in [-0.15, -0.1) is 0 Å². The third-order valence-corrected chi connectivity index (χ3v) is 5.91. The van der Waals surface area contributed by atoms with Crippen molar-refractivity contribution in [3.63, 3.8) is 0 Å². The van der Waals surface area contributed by atoms with E-state index >= 15 is 0 Å². The van der Waals surface area contributed by atoms with Crippen LogP contribution in [0.5, 0.6) is 0 Å². The summed E-state index contributed by atoms with van der Waals surface area (Å²) in [7, 11) is 4.13. The molecule has 1 aliphatic heterocycles. The number of halogens is 1. The van der Waals surface area contributed by atoms with Gasteiger partial charge in [0.05, 0.1) is 11.7 Å². The highest BCUT2D eigenvalue weighted by molar-refractivity contribution is 9.10. The van der Waals surface area contributed by atoms with Crippen LogP contribution in [0.4, 0.5) is 0 Å². The number of pyridine rings is 1. The fourth-order valence-electron chi connectivity index (χ4n) is 3.54. The molecule has 0 saturated carbocycles. The molecule has 1 aromatic carbocycles. The maximum absolute atomic E-state index is 6.33. The lowest BCUT2D eigenvalue weighted by atomic mass is 10.0.